The Morgan fingerprint density at radius 2 is 1.73 bits per heavy atom. The van der Waals surface area contributed by atoms with Crippen molar-refractivity contribution in [2.24, 2.45) is 11.8 Å². The number of methoxy groups -OCH3 is 2. The lowest BCUT2D eigenvalue weighted by Gasteiger charge is -2.32. The van der Waals surface area contributed by atoms with Gasteiger partial charge in [-0.1, -0.05) is 35.5 Å². The summed E-state index contributed by atoms with van der Waals surface area (Å²) in [6, 6.07) is 20.1. The molecule has 3 aliphatic rings. The number of pyridine rings is 2. The topological polar surface area (TPSA) is 123 Å². The molecule has 1 unspecified atom stereocenters. The van der Waals surface area contributed by atoms with Crippen molar-refractivity contribution in [3.05, 3.63) is 110 Å². The molecule has 10 nitrogen and oxygen atoms in total. The number of benzene rings is 2. The number of hydrogen-bond donors (Lipinski definition) is 1. The third kappa shape index (κ3) is 7.15. The second-order valence-electron chi connectivity index (χ2n) is 13.9. The Morgan fingerprint density at radius 1 is 0.942 bits per heavy atom. The van der Waals surface area contributed by atoms with E-state index >= 15 is 0 Å². The fourth-order valence-electron chi connectivity index (χ4n) is 7.48. The second kappa shape index (κ2) is 14.8. The standard InChI is InChI=1S/C24H29NO3.C17H12N4O2S/c1-27-22-14-19-13-20(24(26)21(19)15-23(22)28-2)12-17-8-10-25(11-9-17)16-18-6-4-3-5-7-18;22-16-12(17-20-15(21-23-17)9-1-2-9)7-11-13(19-16)3-5-18-14(11)10-4-6-24-8-10/h3-7,14-15,17,20H,8-13,16H2,1-2H3;3-9H,1-2H2,(H,19,22). The Balaban J connectivity index is 0.000000150. The molecule has 5 heterocycles. The molecule has 0 radical (unpaired) electrons. The number of nitrogens with one attached hydrogen (secondary N) is 1. The molecule has 1 atom stereocenters. The van der Waals surface area contributed by atoms with Gasteiger partial charge in [0, 0.05) is 46.5 Å². The van der Waals surface area contributed by atoms with Crippen LogP contribution < -0.4 is 15.0 Å². The van der Waals surface area contributed by atoms with Crippen molar-refractivity contribution in [1.82, 2.24) is 25.0 Å². The lowest BCUT2D eigenvalue weighted by Crippen LogP contribution is -2.34. The van der Waals surface area contributed by atoms with Crippen LogP contribution in [-0.4, -0.2) is 58.1 Å². The maximum absolute atomic E-state index is 12.9. The Hall–Kier alpha value is -5.13. The highest BCUT2D eigenvalue weighted by atomic mass is 32.1. The zero-order chi connectivity index (χ0) is 35.6. The van der Waals surface area contributed by atoms with Crippen LogP contribution in [0, 0.1) is 11.8 Å². The number of aromatic nitrogens is 4. The third-order valence-electron chi connectivity index (χ3n) is 10.5. The van der Waals surface area contributed by atoms with Gasteiger partial charge in [0.25, 0.3) is 11.4 Å². The number of H-pyrrole nitrogens is 1. The molecular weight excluding hydrogens is 675 g/mol. The molecule has 2 fully saturated rings. The maximum atomic E-state index is 12.9. The van der Waals surface area contributed by atoms with Crippen molar-refractivity contribution in [2.75, 3.05) is 27.3 Å². The molecule has 2 aliphatic carbocycles. The van der Waals surface area contributed by atoms with Gasteiger partial charge in [-0.25, -0.2) is 0 Å². The Kier molecular flexibility index (Phi) is 9.70. The number of rotatable bonds is 9. The summed E-state index contributed by atoms with van der Waals surface area (Å²) in [6.45, 7) is 3.27. The fourth-order valence-corrected chi connectivity index (χ4v) is 8.12. The van der Waals surface area contributed by atoms with Crippen LogP contribution in [0.3, 0.4) is 0 Å². The largest absolute Gasteiger partial charge is 0.493 e. The quantitative estimate of drug-likeness (QED) is 0.159. The van der Waals surface area contributed by atoms with E-state index in [1.165, 1.54) is 18.4 Å². The number of nitrogens with zero attached hydrogens (tertiary/aromatic N) is 4. The van der Waals surface area contributed by atoms with Gasteiger partial charge < -0.3 is 19.0 Å². The summed E-state index contributed by atoms with van der Waals surface area (Å²) < 4.78 is 16.1. The first-order chi connectivity index (χ1) is 25.5. The van der Waals surface area contributed by atoms with Gasteiger partial charge in [-0.15, -0.1) is 0 Å². The van der Waals surface area contributed by atoms with Gasteiger partial charge >= 0.3 is 0 Å². The molecule has 266 valence electrons. The van der Waals surface area contributed by atoms with Crippen LogP contribution in [-0.2, 0) is 13.0 Å². The van der Waals surface area contributed by atoms with E-state index in [-0.39, 0.29) is 23.2 Å². The van der Waals surface area contributed by atoms with E-state index in [4.69, 9.17) is 14.0 Å². The van der Waals surface area contributed by atoms with E-state index in [2.05, 4.69) is 55.3 Å². The Labute approximate surface area is 305 Å². The molecule has 6 aromatic rings. The van der Waals surface area contributed by atoms with Gasteiger partial charge in [-0.05, 0) is 104 Å². The lowest BCUT2D eigenvalue weighted by atomic mass is 9.85. The number of carbonyl (C=O) groups is 1. The van der Waals surface area contributed by atoms with Gasteiger partial charge in [-0.3, -0.25) is 19.5 Å². The molecule has 1 saturated carbocycles. The number of likely N-dealkylation sites (tertiary alicyclic amines) is 1. The minimum absolute atomic E-state index is 0.109. The predicted octanol–water partition coefficient (Wildman–Crippen LogP) is 7.94. The molecule has 0 spiro atoms. The maximum Gasteiger partial charge on any atom is 0.263 e. The molecule has 2 aromatic carbocycles. The SMILES string of the molecule is COc1cc2c(cc1OC)C(=O)C(CC1CCN(Cc3ccccc3)CC1)C2.O=c1[nH]c2ccnc(-c3ccsc3)c2cc1-c1nc(C2CC2)no1. The minimum atomic E-state index is -0.240. The first-order valence-corrected chi connectivity index (χ1v) is 18.9. The normalized spacial score (nSPS) is 17.5. The zero-order valence-electron chi connectivity index (χ0n) is 29.3. The smallest absolute Gasteiger partial charge is 0.263 e. The van der Waals surface area contributed by atoms with Crippen LogP contribution in [0.1, 0.15) is 65.3 Å². The van der Waals surface area contributed by atoms with E-state index in [1.807, 2.05) is 29.0 Å². The molecule has 4 aromatic heterocycles. The minimum Gasteiger partial charge on any atom is -0.493 e. The van der Waals surface area contributed by atoms with Gasteiger partial charge in [0.15, 0.2) is 23.1 Å². The van der Waals surface area contributed by atoms with Crippen LogP contribution >= 0.6 is 11.3 Å². The first-order valence-electron chi connectivity index (χ1n) is 17.9. The number of ketones is 1. The molecule has 0 bridgehead atoms. The molecule has 1 saturated heterocycles. The molecule has 52 heavy (non-hydrogen) atoms. The third-order valence-corrected chi connectivity index (χ3v) is 11.2. The lowest BCUT2D eigenvalue weighted by molar-refractivity contribution is 0.0895. The Bertz CT molecular complexity index is 2240. The average Bonchev–Trinajstić information content (AvgIpc) is 3.51. The molecule has 1 aliphatic heterocycles. The summed E-state index contributed by atoms with van der Waals surface area (Å²) in [4.78, 5) is 39.7. The van der Waals surface area contributed by atoms with Crippen LogP contribution in [0.25, 0.3) is 33.6 Å². The number of thiophene rings is 1. The van der Waals surface area contributed by atoms with Crippen molar-refractivity contribution < 1.29 is 18.8 Å². The number of hydrogen-bond acceptors (Lipinski definition) is 10. The second-order valence-corrected chi connectivity index (χ2v) is 14.7. The summed E-state index contributed by atoms with van der Waals surface area (Å²) in [5, 5.41) is 8.89. The van der Waals surface area contributed by atoms with Crippen LogP contribution in [0.2, 0.25) is 0 Å². The van der Waals surface area contributed by atoms with E-state index in [0.717, 1.165) is 78.6 Å². The van der Waals surface area contributed by atoms with Crippen molar-refractivity contribution in [3.63, 3.8) is 0 Å². The van der Waals surface area contributed by atoms with Gasteiger partial charge in [-0.2, -0.15) is 16.3 Å². The molecule has 11 heteroatoms. The van der Waals surface area contributed by atoms with E-state index in [9.17, 15) is 9.59 Å². The molecule has 9 rings (SSSR count). The highest BCUT2D eigenvalue weighted by molar-refractivity contribution is 7.08. The predicted molar refractivity (Wildman–Crippen MR) is 201 cm³/mol. The summed E-state index contributed by atoms with van der Waals surface area (Å²) in [5.74, 6) is 3.71. The number of piperidine rings is 1. The fraction of sp³-hybridized carbons (Fsp3) is 0.341. The zero-order valence-corrected chi connectivity index (χ0v) is 30.2. The summed E-state index contributed by atoms with van der Waals surface area (Å²) in [5.41, 5.74) is 6.04. The van der Waals surface area contributed by atoms with Gasteiger partial charge in [0.2, 0.25) is 0 Å². The Morgan fingerprint density at radius 3 is 2.46 bits per heavy atom. The summed E-state index contributed by atoms with van der Waals surface area (Å²) >= 11 is 1.61. The van der Waals surface area contributed by atoms with E-state index < -0.39 is 0 Å². The van der Waals surface area contributed by atoms with E-state index in [0.29, 0.717) is 34.7 Å². The van der Waals surface area contributed by atoms with Crippen molar-refractivity contribution in [1.29, 1.82) is 0 Å². The summed E-state index contributed by atoms with van der Waals surface area (Å²) in [7, 11) is 3.26. The molecular formula is C41H41N5O5S. The van der Waals surface area contributed by atoms with Crippen molar-refractivity contribution >= 4 is 28.0 Å². The highest BCUT2D eigenvalue weighted by Crippen LogP contribution is 2.40. The monoisotopic (exact) mass is 715 g/mol. The van der Waals surface area contributed by atoms with Crippen molar-refractivity contribution in [3.8, 4) is 34.2 Å². The first kappa shape index (κ1) is 34.0. The van der Waals surface area contributed by atoms with Crippen LogP contribution in [0.15, 0.2) is 86.9 Å². The van der Waals surface area contributed by atoms with Gasteiger partial charge in [0.05, 0.1) is 25.4 Å². The van der Waals surface area contributed by atoms with Crippen LogP contribution in [0.4, 0.5) is 0 Å². The number of Topliss-reactive ketones (excluding diaryl/α,β-unsaturated/α-hetero) is 1. The number of carbonyl (C=O) groups excluding carboxylic acids is 1. The number of fused-ring (bicyclic) bond motifs is 2. The summed E-state index contributed by atoms with van der Waals surface area (Å²) in [6.07, 6.45) is 8.05. The molecule has 1 N–H and O–H groups in total. The highest BCUT2D eigenvalue weighted by Gasteiger charge is 2.34. The van der Waals surface area contributed by atoms with Crippen LogP contribution in [0.5, 0.6) is 11.5 Å². The number of aromatic amines is 1. The average molecular weight is 716 g/mol. The van der Waals surface area contributed by atoms with E-state index in [1.54, 1.807) is 43.9 Å². The number of ether oxygens (including phenoxy) is 2. The molecule has 0 amide bonds. The van der Waals surface area contributed by atoms with Crippen molar-refractivity contribution in [2.45, 2.75) is 51.0 Å². The van der Waals surface area contributed by atoms with Gasteiger partial charge in [0.1, 0.15) is 5.56 Å².